The average molecular weight is 813 g/mol. The second kappa shape index (κ2) is 34.6. The van der Waals surface area contributed by atoms with Gasteiger partial charge in [-0.15, -0.1) is 0 Å². The third-order valence-electron chi connectivity index (χ3n) is 10.6. The quantitative estimate of drug-likeness (QED) is 0.0340. The van der Waals surface area contributed by atoms with Gasteiger partial charge in [-0.3, -0.25) is 19.2 Å². The van der Waals surface area contributed by atoms with Crippen LogP contribution in [0.4, 0.5) is 0 Å². The van der Waals surface area contributed by atoms with E-state index in [0.717, 1.165) is 26.1 Å². The van der Waals surface area contributed by atoms with Crippen LogP contribution in [0.1, 0.15) is 183 Å². The minimum Gasteiger partial charge on any atom is -0.463 e. The van der Waals surface area contributed by atoms with Crippen LogP contribution in [0, 0.1) is 0 Å². The van der Waals surface area contributed by atoms with Gasteiger partial charge in [-0.2, -0.15) is 0 Å². The Labute approximate surface area is 347 Å². The molecule has 0 amide bonds. The lowest BCUT2D eigenvalue weighted by Gasteiger charge is -2.44. The van der Waals surface area contributed by atoms with E-state index in [1.54, 1.807) is 0 Å². The third-order valence-corrected chi connectivity index (χ3v) is 10.6. The molecule has 334 valence electrons. The first kappa shape index (κ1) is 52.7. The number of esters is 4. The van der Waals surface area contributed by atoms with E-state index in [9.17, 15) is 19.2 Å². The molecule has 0 aromatic carbocycles. The topological polar surface area (TPSA) is 130 Å². The van der Waals surface area contributed by atoms with Crippen molar-refractivity contribution >= 4 is 23.9 Å². The fourth-order valence-electron chi connectivity index (χ4n) is 7.51. The summed E-state index contributed by atoms with van der Waals surface area (Å²) < 4.78 is 33.8. The van der Waals surface area contributed by atoms with Crippen LogP contribution >= 0.6 is 0 Å². The number of carbonyl (C=O) groups excluding carboxylic acids is 4. The van der Waals surface area contributed by atoms with Crippen molar-refractivity contribution in [1.82, 2.24) is 9.80 Å². The van der Waals surface area contributed by atoms with Gasteiger partial charge in [-0.1, -0.05) is 129 Å². The van der Waals surface area contributed by atoms with Crippen molar-refractivity contribution in [2.45, 2.75) is 214 Å². The van der Waals surface area contributed by atoms with Crippen molar-refractivity contribution in [3.05, 3.63) is 0 Å². The Morgan fingerprint density at radius 1 is 0.474 bits per heavy atom. The van der Waals surface area contributed by atoms with Gasteiger partial charge in [0.25, 0.3) is 0 Å². The van der Waals surface area contributed by atoms with E-state index >= 15 is 0 Å². The molecule has 0 N–H and O–H groups in total. The van der Waals surface area contributed by atoms with Crippen molar-refractivity contribution in [2.75, 3.05) is 53.0 Å². The lowest BCUT2D eigenvalue weighted by atomic mass is 9.98. The largest absolute Gasteiger partial charge is 0.463 e. The van der Waals surface area contributed by atoms with Crippen LogP contribution in [0.3, 0.4) is 0 Å². The lowest BCUT2D eigenvalue weighted by molar-refractivity contribution is -0.308. The Kier molecular flexibility index (Phi) is 32.0. The first-order valence-corrected chi connectivity index (χ1v) is 22.8. The van der Waals surface area contributed by atoms with Crippen LogP contribution in [0.5, 0.6) is 0 Å². The summed E-state index contributed by atoms with van der Waals surface area (Å²) in [6, 6.07) is 0. The highest BCUT2D eigenvalue weighted by molar-refractivity contribution is 5.68. The number of carbonyl (C=O) groups is 4. The molecular formula is C45H84N2O10. The third kappa shape index (κ3) is 27.9. The van der Waals surface area contributed by atoms with Gasteiger partial charge >= 0.3 is 23.9 Å². The first-order chi connectivity index (χ1) is 27.5. The molecule has 1 saturated heterocycles. The molecule has 0 radical (unpaired) electrons. The summed E-state index contributed by atoms with van der Waals surface area (Å²) in [5, 5.41) is 0. The maximum Gasteiger partial charge on any atom is 0.303 e. The van der Waals surface area contributed by atoms with E-state index in [4.69, 9.17) is 28.4 Å². The van der Waals surface area contributed by atoms with Crippen LogP contribution in [0.15, 0.2) is 0 Å². The number of nitrogens with zero attached hydrogens (tertiary/aromatic N) is 2. The molecule has 0 aromatic rings. The van der Waals surface area contributed by atoms with Crippen molar-refractivity contribution in [2.24, 2.45) is 0 Å². The molecule has 0 saturated carbocycles. The zero-order valence-electron chi connectivity index (χ0n) is 37.4. The van der Waals surface area contributed by atoms with Gasteiger partial charge in [0, 0.05) is 34.2 Å². The first-order valence-electron chi connectivity index (χ1n) is 22.8. The lowest BCUT2D eigenvalue weighted by Crippen LogP contribution is -2.63. The molecule has 1 rings (SSSR count). The summed E-state index contributed by atoms with van der Waals surface area (Å²) in [6.07, 6.45) is 23.1. The summed E-state index contributed by atoms with van der Waals surface area (Å²) in [4.78, 5) is 52.8. The van der Waals surface area contributed by atoms with Gasteiger partial charge in [0.2, 0.25) is 0 Å². The fourth-order valence-corrected chi connectivity index (χ4v) is 7.51. The molecule has 0 aliphatic carbocycles. The zero-order chi connectivity index (χ0) is 42.1. The Morgan fingerprint density at radius 3 is 1.33 bits per heavy atom. The highest BCUT2D eigenvalue weighted by atomic mass is 16.7. The second-order valence-electron chi connectivity index (χ2n) is 16.2. The molecule has 1 heterocycles. The van der Waals surface area contributed by atoms with Crippen LogP contribution in [0.25, 0.3) is 0 Å². The number of rotatable bonds is 36. The van der Waals surface area contributed by atoms with Crippen molar-refractivity contribution < 1.29 is 47.6 Å². The van der Waals surface area contributed by atoms with E-state index in [2.05, 4.69) is 30.7 Å². The highest BCUT2D eigenvalue weighted by Gasteiger charge is 2.52. The van der Waals surface area contributed by atoms with Gasteiger partial charge in [0.1, 0.15) is 12.7 Å². The molecule has 12 nitrogen and oxygen atoms in total. The summed E-state index contributed by atoms with van der Waals surface area (Å²) >= 11 is 0. The fraction of sp³-hybridized carbons (Fsp3) is 0.911. The van der Waals surface area contributed by atoms with Gasteiger partial charge < -0.3 is 38.2 Å². The minimum absolute atomic E-state index is 0.266. The predicted octanol–water partition coefficient (Wildman–Crippen LogP) is 8.94. The average Bonchev–Trinajstić information content (AvgIpc) is 3.15. The molecule has 1 fully saturated rings. The molecule has 1 aliphatic rings. The van der Waals surface area contributed by atoms with Crippen molar-refractivity contribution in [1.29, 1.82) is 0 Å². The van der Waals surface area contributed by atoms with E-state index in [1.165, 1.54) is 169 Å². The molecular weight excluding hydrogens is 728 g/mol. The Balaban J connectivity index is 2.64. The van der Waals surface area contributed by atoms with Gasteiger partial charge in [-0.25, -0.2) is 0 Å². The molecule has 5 unspecified atom stereocenters. The normalized spacial score (nSPS) is 19.5. The van der Waals surface area contributed by atoms with Crippen LogP contribution in [0.2, 0.25) is 0 Å². The smallest absolute Gasteiger partial charge is 0.303 e. The van der Waals surface area contributed by atoms with Crippen LogP contribution in [-0.2, 0) is 47.6 Å². The summed E-state index contributed by atoms with van der Waals surface area (Å²) in [6.45, 7) is 14.6. The number of hydrogen-bond donors (Lipinski definition) is 0. The Hall–Kier alpha value is -2.28. The van der Waals surface area contributed by atoms with Crippen LogP contribution in [-0.4, -0.2) is 117 Å². The molecule has 57 heavy (non-hydrogen) atoms. The predicted molar refractivity (Wildman–Crippen MR) is 225 cm³/mol. The molecule has 0 aromatic heterocycles. The molecule has 0 bridgehead atoms. The molecule has 0 spiro atoms. The highest BCUT2D eigenvalue weighted by Crippen LogP contribution is 2.30. The monoisotopic (exact) mass is 813 g/mol. The standard InChI is InChI=1S/C45H84N2O10/c1-8-10-12-14-16-18-20-22-24-26-32-47(33-27-25-23-21-19-17-15-13-11-9-2)34-28-30-46(7)31-29-35-52-45-44(56-40(6)51)43(55-39(5)50)42(54-38(4)49)41(57-45)36-53-37(3)48/h41-45H,8-36H2,1-7H3. The van der Waals surface area contributed by atoms with E-state index < -0.39 is 54.6 Å². The van der Waals surface area contributed by atoms with Gasteiger partial charge in [0.15, 0.2) is 24.6 Å². The maximum absolute atomic E-state index is 12.1. The number of hydrogen-bond acceptors (Lipinski definition) is 12. The summed E-state index contributed by atoms with van der Waals surface area (Å²) in [5.41, 5.74) is 0. The summed E-state index contributed by atoms with van der Waals surface area (Å²) in [5.74, 6) is -2.55. The van der Waals surface area contributed by atoms with E-state index in [-0.39, 0.29) is 13.2 Å². The Bertz CT molecular complexity index is 1020. The van der Waals surface area contributed by atoms with E-state index in [1.807, 2.05) is 0 Å². The second-order valence-corrected chi connectivity index (χ2v) is 16.2. The van der Waals surface area contributed by atoms with Crippen molar-refractivity contribution in [3.8, 4) is 0 Å². The van der Waals surface area contributed by atoms with E-state index in [0.29, 0.717) is 6.42 Å². The molecule has 1 aliphatic heterocycles. The summed E-state index contributed by atoms with van der Waals surface area (Å²) in [7, 11) is 2.11. The van der Waals surface area contributed by atoms with Crippen molar-refractivity contribution in [3.63, 3.8) is 0 Å². The zero-order valence-corrected chi connectivity index (χ0v) is 37.4. The molecule has 12 heteroatoms. The van der Waals surface area contributed by atoms with Crippen LogP contribution < -0.4 is 0 Å². The number of ether oxygens (including phenoxy) is 6. The van der Waals surface area contributed by atoms with Gasteiger partial charge in [0.05, 0.1) is 6.61 Å². The number of unbranched alkanes of at least 4 members (excludes halogenated alkanes) is 18. The van der Waals surface area contributed by atoms with Gasteiger partial charge in [-0.05, 0) is 58.9 Å². The Morgan fingerprint density at radius 2 is 0.877 bits per heavy atom. The SMILES string of the molecule is CCCCCCCCCCCCN(CCCCCCCCCCCC)CCCN(C)CCCOC1OC(COC(C)=O)C(OC(C)=O)C(OC(C)=O)C1OC(C)=O. The molecule has 5 atom stereocenters. The minimum atomic E-state index is -1.24. The maximum atomic E-state index is 12.1.